The molecule has 1 aromatic heterocycles. The monoisotopic (exact) mass is 241 g/mol. The number of hydrogen-bond donors (Lipinski definition) is 1. The molecule has 0 unspecified atom stereocenters. The molecule has 4 nitrogen and oxygen atoms in total. The molecular formula is C14H15N3O. The van der Waals surface area contributed by atoms with Crippen molar-refractivity contribution < 1.29 is 4.52 Å². The van der Waals surface area contributed by atoms with Crippen LogP contribution < -0.4 is 5.73 Å². The summed E-state index contributed by atoms with van der Waals surface area (Å²) >= 11 is 0. The summed E-state index contributed by atoms with van der Waals surface area (Å²) in [7, 11) is 0. The van der Waals surface area contributed by atoms with Crippen molar-refractivity contribution in [3.63, 3.8) is 0 Å². The zero-order valence-corrected chi connectivity index (χ0v) is 10.0. The molecule has 0 saturated heterocycles. The van der Waals surface area contributed by atoms with Gasteiger partial charge in [-0.1, -0.05) is 35.5 Å². The van der Waals surface area contributed by atoms with E-state index in [1.54, 1.807) is 0 Å². The summed E-state index contributed by atoms with van der Waals surface area (Å²) in [5, 5.41) is 3.96. The first-order valence-corrected chi connectivity index (χ1v) is 6.12. The first-order chi connectivity index (χ1) is 8.76. The van der Waals surface area contributed by atoms with Crippen LogP contribution in [0.3, 0.4) is 0 Å². The van der Waals surface area contributed by atoms with Crippen LogP contribution >= 0.6 is 0 Å². The zero-order chi connectivity index (χ0) is 12.4. The Labute approximate surface area is 106 Å². The Morgan fingerprint density at radius 1 is 1.17 bits per heavy atom. The van der Waals surface area contributed by atoms with Crippen molar-refractivity contribution in [1.29, 1.82) is 0 Å². The van der Waals surface area contributed by atoms with E-state index >= 15 is 0 Å². The Bertz CT molecular complexity index is 555. The standard InChI is InChI=1S/C14H15N3O/c15-14(9-4-10-14)13-16-12(18-17-13)8-7-11-5-2-1-3-6-11/h1-3,5-8H,4,9-10,15H2/b8-7+. The number of nitrogens with two attached hydrogens (primary N) is 1. The highest BCUT2D eigenvalue weighted by Crippen LogP contribution is 2.36. The highest BCUT2D eigenvalue weighted by atomic mass is 16.5. The van der Waals surface area contributed by atoms with E-state index in [2.05, 4.69) is 10.1 Å². The van der Waals surface area contributed by atoms with Gasteiger partial charge in [0.2, 0.25) is 0 Å². The van der Waals surface area contributed by atoms with E-state index in [4.69, 9.17) is 10.3 Å². The second-order valence-corrected chi connectivity index (χ2v) is 4.71. The molecule has 1 aliphatic rings. The average Bonchev–Trinajstić information content (AvgIpc) is 2.84. The SMILES string of the molecule is NC1(c2noc(/C=C/c3ccccc3)n2)CCC1. The number of benzene rings is 1. The number of nitrogens with zero attached hydrogens (tertiary/aromatic N) is 2. The van der Waals surface area contributed by atoms with Gasteiger partial charge < -0.3 is 10.3 Å². The van der Waals surface area contributed by atoms with Crippen LogP contribution in [0.4, 0.5) is 0 Å². The Morgan fingerprint density at radius 3 is 2.61 bits per heavy atom. The molecule has 0 spiro atoms. The highest BCUT2D eigenvalue weighted by Gasteiger charge is 2.38. The van der Waals surface area contributed by atoms with Crippen molar-refractivity contribution >= 4 is 12.2 Å². The van der Waals surface area contributed by atoms with E-state index in [9.17, 15) is 0 Å². The molecule has 0 bridgehead atoms. The maximum Gasteiger partial charge on any atom is 0.250 e. The molecule has 0 amide bonds. The van der Waals surface area contributed by atoms with E-state index in [0.29, 0.717) is 11.7 Å². The summed E-state index contributed by atoms with van der Waals surface area (Å²) in [6.45, 7) is 0. The van der Waals surface area contributed by atoms with Crippen molar-refractivity contribution in [2.24, 2.45) is 5.73 Å². The van der Waals surface area contributed by atoms with Crippen LogP contribution in [0.15, 0.2) is 34.9 Å². The van der Waals surface area contributed by atoms with Crippen molar-refractivity contribution in [2.75, 3.05) is 0 Å². The van der Waals surface area contributed by atoms with E-state index in [0.717, 1.165) is 24.8 Å². The van der Waals surface area contributed by atoms with Gasteiger partial charge in [-0.3, -0.25) is 0 Å². The highest BCUT2D eigenvalue weighted by molar-refractivity contribution is 5.65. The average molecular weight is 241 g/mol. The fourth-order valence-electron chi connectivity index (χ4n) is 2.02. The predicted octanol–water partition coefficient (Wildman–Crippen LogP) is 2.58. The van der Waals surface area contributed by atoms with Gasteiger partial charge in [-0.25, -0.2) is 0 Å². The zero-order valence-electron chi connectivity index (χ0n) is 10.0. The molecule has 1 saturated carbocycles. The summed E-state index contributed by atoms with van der Waals surface area (Å²) in [4.78, 5) is 4.33. The lowest BCUT2D eigenvalue weighted by atomic mass is 9.77. The molecule has 0 radical (unpaired) electrons. The smallest absolute Gasteiger partial charge is 0.250 e. The summed E-state index contributed by atoms with van der Waals surface area (Å²) in [6.07, 6.45) is 6.78. The van der Waals surface area contributed by atoms with Crippen molar-refractivity contribution in [2.45, 2.75) is 24.8 Å². The minimum atomic E-state index is -0.359. The molecule has 2 aromatic rings. The maximum atomic E-state index is 6.14. The summed E-state index contributed by atoms with van der Waals surface area (Å²) in [5.74, 6) is 1.13. The fourth-order valence-corrected chi connectivity index (χ4v) is 2.02. The van der Waals surface area contributed by atoms with Gasteiger partial charge in [-0.05, 0) is 30.9 Å². The lowest BCUT2D eigenvalue weighted by Crippen LogP contribution is -2.44. The molecule has 1 fully saturated rings. The minimum absolute atomic E-state index is 0.359. The fraction of sp³-hybridized carbons (Fsp3) is 0.286. The number of rotatable bonds is 3. The predicted molar refractivity (Wildman–Crippen MR) is 69.4 cm³/mol. The topological polar surface area (TPSA) is 64.9 Å². The molecule has 0 aliphatic heterocycles. The van der Waals surface area contributed by atoms with Crippen molar-refractivity contribution in [3.8, 4) is 0 Å². The van der Waals surface area contributed by atoms with Gasteiger partial charge in [0.05, 0.1) is 5.54 Å². The molecular weight excluding hydrogens is 226 g/mol. The van der Waals surface area contributed by atoms with Crippen molar-refractivity contribution in [3.05, 3.63) is 47.6 Å². The van der Waals surface area contributed by atoms with Gasteiger partial charge in [0.1, 0.15) is 0 Å². The summed E-state index contributed by atoms with van der Waals surface area (Å²) < 4.78 is 5.18. The second-order valence-electron chi connectivity index (χ2n) is 4.71. The molecule has 2 N–H and O–H groups in total. The molecule has 1 heterocycles. The van der Waals surface area contributed by atoms with E-state index in [1.807, 2.05) is 42.5 Å². The van der Waals surface area contributed by atoms with E-state index in [1.165, 1.54) is 0 Å². The van der Waals surface area contributed by atoms with Crippen LogP contribution in [0.1, 0.15) is 36.5 Å². The van der Waals surface area contributed by atoms with Crippen LogP contribution in [-0.4, -0.2) is 10.1 Å². The third kappa shape index (κ3) is 2.07. The quantitative estimate of drug-likeness (QED) is 0.897. The largest absolute Gasteiger partial charge is 0.335 e. The summed E-state index contributed by atoms with van der Waals surface area (Å²) in [5.41, 5.74) is 6.88. The third-order valence-electron chi connectivity index (χ3n) is 3.35. The Balaban J connectivity index is 1.76. The van der Waals surface area contributed by atoms with Crippen LogP contribution in [-0.2, 0) is 5.54 Å². The Hall–Kier alpha value is -1.94. The van der Waals surface area contributed by atoms with Gasteiger partial charge >= 0.3 is 0 Å². The Kier molecular flexibility index (Phi) is 2.72. The van der Waals surface area contributed by atoms with Crippen LogP contribution in [0.25, 0.3) is 12.2 Å². The normalized spacial score (nSPS) is 17.8. The maximum absolute atomic E-state index is 6.14. The molecule has 4 heteroatoms. The lowest BCUT2D eigenvalue weighted by Gasteiger charge is -2.34. The first kappa shape index (κ1) is 11.2. The number of aromatic nitrogens is 2. The molecule has 3 rings (SSSR count). The first-order valence-electron chi connectivity index (χ1n) is 6.12. The van der Waals surface area contributed by atoms with Gasteiger partial charge in [0.25, 0.3) is 5.89 Å². The molecule has 1 aromatic carbocycles. The molecule has 18 heavy (non-hydrogen) atoms. The second kappa shape index (κ2) is 4.38. The molecule has 1 aliphatic carbocycles. The minimum Gasteiger partial charge on any atom is -0.335 e. The third-order valence-corrected chi connectivity index (χ3v) is 3.35. The van der Waals surface area contributed by atoms with Crippen LogP contribution in [0.5, 0.6) is 0 Å². The van der Waals surface area contributed by atoms with Crippen molar-refractivity contribution in [1.82, 2.24) is 10.1 Å². The summed E-state index contributed by atoms with van der Waals surface area (Å²) in [6, 6.07) is 10.00. The molecule has 92 valence electrons. The van der Waals surface area contributed by atoms with Gasteiger partial charge in [0, 0.05) is 6.08 Å². The van der Waals surface area contributed by atoms with Gasteiger partial charge in [0.15, 0.2) is 5.82 Å². The van der Waals surface area contributed by atoms with Crippen LogP contribution in [0.2, 0.25) is 0 Å². The van der Waals surface area contributed by atoms with E-state index < -0.39 is 0 Å². The van der Waals surface area contributed by atoms with E-state index in [-0.39, 0.29) is 5.54 Å². The van der Waals surface area contributed by atoms with Gasteiger partial charge in [-0.2, -0.15) is 4.98 Å². The number of hydrogen-bond acceptors (Lipinski definition) is 4. The Morgan fingerprint density at radius 2 is 1.94 bits per heavy atom. The lowest BCUT2D eigenvalue weighted by molar-refractivity contribution is 0.229. The molecule has 0 atom stereocenters. The van der Waals surface area contributed by atoms with Gasteiger partial charge in [-0.15, -0.1) is 0 Å². The van der Waals surface area contributed by atoms with Crippen LogP contribution in [0, 0.1) is 0 Å².